The molecule has 2 heteroatoms. The fourth-order valence-electron chi connectivity index (χ4n) is 6.20. The summed E-state index contributed by atoms with van der Waals surface area (Å²) in [5.74, 6) is 0.899. The number of benzene rings is 1. The Balaban J connectivity index is 1.66. The van der Waals surface area contributed by atoms with Gasteiger partial charge in [-0.3, -0.25) is 0 Å². The molecule has 1 aromatic carbocycles. The van der Waals surface area contributed by atoms with Crippen LogP contribution in [0.2, 0.25) is 0 Å². The molecule has 2 bridgehead atoms. The van der Waals surface area contributed by atoms with Gasteiger partial charge < -0.3 is 10.2 Å². The SMILES string of the molecule is c1cc(N2CCCC2)c2c(c1)[C@@]13CCCC[C@H]1[C@@H](C2)NCC3. The van der Waals surface area contributed by atoms with Crippen molar-refractivity contribution in [2.75, 3.05) is 24.5 Å². The molecule has 1 N–H and O–H groups in total. The standard InChI is InChI=1S/C20H28N2/c1-2-9-20-10-11-21-18(17(20)6-1)14-15-16(20)7-5-8-19(15)22-12-3-4-13-22/h5,7-8,17-18,21H,1-4,6,9-14H2/t17-,18+,20-/m0/s1. The summed E-state index contributed by atoms with van der Waals surface area (Å²) in [5.41, 5.74) is 5.54. The van der Waals surface area contributed by atoms with E-state index < -0.39 is 0 Å². The molecule has 5 rings (SSSR count). The molecule has 3 atom stereocenters. The summed E-state index contributed by atoms with van der Waals surface area (Å²) in [4.78, 5) is 2.66. The molecule has 4 aliphatic rings. The average Bonchev–Trinajstić information content (AvgIpc) is 3.09. The Hall–Kier alpha value is -1.02. The van der Waals surface area contributed by atoms with E-state index >= 15 is 0 Å². The Morgan fingerprint density at radius 1 is 1.05 bits per heavy atom. The highest BCUT2D eigenvalue weighted by atomic mass is 15.1. The number of nitrogens with one attached hydrogen (secondary N) is 1. The number of hydrogen-bond donors (Lipinski definition) is 1. The maximum atomic E-state index is 3.88. The lowest BCUT2D eigenvalue weighted by molar-refractivity contribution is 0.0799. The van der Waals surface area contributed by atoms with Gasteiger partial charge in [0.2, 0.25) is 0 Å². The lowest BCUT2D eigenvalue weighted by Gasteiger charge is -2.56. The Morgan fingerprint density at radius 3 is 2.86 bits per heavy atom. The summed E-state index contributed by atoms with van der Waals surface area (Å²) in [7, 11) is 0. The topological polar surface area (TPSA) is 15.3 Å². The molecule has 1 aromatic rings. The minimum absolute atomic E-state index is 0.511. The van der Waals surface area contributed by atoms with E-state index in [-0.39, 0.29) is 0 Å². The summed E-state index contributed by atoms with van der Waals surface area (Å²) in [6.45, 7) is 3.77. The Labute approximate surface area is 134 Å². The van der Waals surface area contributed by atoms with E-state index in [0.29, 0.717) is 5.41 Å². The average molecular weight is 296 g/mol. The van der Waals surface area contributed by atoms with E-state index in [4.69, 9.17) is 0 Å². The van der Waals surface area contributed by atoms with Gasteiger partial charge >= 0.3 is 0 Å². The molecule has 0 amide bonds. The fraction of sp³-hybridized carbons (Fsp3) is 0.700. The molecule has 2 heterocycles. The Morgan fingerprint density at radius 2 is 1.95 bits per heavy atom. The van der Waals surface area contributed by atoms with Crippen LogP contribution < -0.4 is 10.2 Å². The van der Waals surface area contributed by atoms with Crippen molar-refractivity contribution in [1.29, 1.82) is 0 Å². The van der Waals surface area contributed by atoms with Crippen molar-refractivity contribution in [2.45, 2.75) is 62.8 Å². The summed E-state index contributed by atoms with van der Waals surface area (Å²) in [6.07, 6.45) is 11.2. The van der Waals surface area contributed by atoms with Gasteiger partial charge in [-0.15, -0.1) is 0 Å². The minimum atomic E-state index is 0.511. The number of fused-ring (bicyclic) bond motifs is 1. The molecule has 1 saturated carbocycles. The van der Waals surface area contributed by atoms with Crippen LogP contribution in [-0.2, 0) is 11.8 Å². The first kappa shape index (κ1) is 13.4. The minimum Gasteiger partial charge on any atom is -0.371 e. The molecule has 0 unspecified atom stereocenters. The Bertz CT molecular complexity index is 571. The summed E-state index contributed by atoms with van der Waals surface area (Å²) < 4.78 is 0. The van der Waals surface area contributed by atoms with Crippen LogP contribution in [0.1, 0.15) is 56.1 Å². The molecule has 2 nitrogen and oxygen atoms in total. The van der Waals surface area contributed by atoms with Crippen molar-refractivity contribution in [3.8, 4) is 0 Å². The highest BCUT2D eigenvalue weighted by Gasteiger charge is 2.51. The predicted octanol–water partition coefficient (Wildman–Crippen LogP) is 3.63. The summed E-state index contributed by atoms with van der Waals surface area (Å²) in [6, 6.07) is 7.99. The zero-order valence-corrected chi connectivity index (χ0v) is 13.6. The number of nitrogens with zero attached hydrogens (tertiary/aromatic N) is 1. The fourth-order valence-corrected chi connectivity index (χ4v) is 6.20. The van der Waals surface area contributed by atoms with Gasteiger partial charge in [0.25, 0.3) is 0 Å². The van der Waals surface area contributed by atoms with E-state index in [9.17, 15) is 0 Å². The van der Waals surface area contributed by atoms with Gasteiger partial charge in [0.1, 0.15) is 0 Å². The van der Waals surface area contributed by atoms with E-state index in [1.807, 2.05) is 0 Å². The molecule has 2 aliphatic carbocycles. The second-order valence-electron chi connectivity index (χ2n) is 8.02. The maximum absolute atomic E-state index is 3.88. The molecular weight excluding hydrogens is 268 g/mol. The normalized spacial score (nSPS) is 36.8. The van der Waals surface area contributed by atoms with Crippen LogP contribution in [-0.4, -0.2) is 25.7 Å². The van der Waals surface area contributed by atoms with Gasteiger partial charge in [-0.25, -0.2) is 0 Å². The summed E-state index contributed by atoms with van der Waals surface area (Å²) in [5, 5.41) is 3.88. The van der Waals surface area contributed by atoms with E-state index in [1.54, 1.807) is 16.8 Å². The van der Waals surface area contributed by atoms with E-state index in [2.05, 4.69) is 28.4 Å². The molecule has 0 spiro atoms. The van der Waals surface area contributed by atoms with Crippen molar-refractivity contribution in [1.82, 2.24) is 5.32 Å². The Kier molecular flexibility index (Phi) is 3.04. The molecule has 22 heavy (non-hydrogen) atoms. The molecule has 0 radical (unpaired) electrons. The van der Waals surface area contributed by atoms with Crippen LogP contribution >= 0.6 is 0 Å². The van der Waals surface area contributed by atoms with Gasteiger partial charge in [0.15, 0.2) is 0 Å². The third kappa shape index (κ3) is 1.76. The van der Waals surface area contributed by atoms with Crippen LogP contribution in [0.25, 0.3) is 0 Å². The van der Waals surface area contributed by atoms with Crippen molar-refractivity contribution >= 4 is 5.69 Å². The van der Waals surface area contributed by atoms with Crippen molar-refractivity contribution in [3.63, 3.8) is 0 Å². The van der Waals surface area contributed by atoms with E-state index in [1.165, 1.54) is 71.0 Å². The largest absolute Gasteiger partial charge is 0.371 e. The molecule has 2 aliphatic heterocycles. The van der Waals surface area contributed by atoms with Gasteiger partial charge in [0.05, 0.1) is 0 Å². The first-order valence-corrected chi connectivity index (χ1v) is 9.49. The van der Waals surface area contributed by atoms with Crippen molar-refractivity contribution in [2.24, 2.45) is 5.92 Å². The maximum Gasteiger partial charge on any atom is 0.0402 e. The zero-order valence-electron chi connectivity index (χ0n) is 13.6. The lowest BCUT2D eigenvalue weighted by Crippen LogP contribution is -2.59. The number of hydrogen-bond acceptors (Lipinski definition) is 2. The second-order valence-corrected chi connectivity index (χ2v) is 8.02. The van der Waals surface area contributed by atoms with Crippen LogP contribution in [0.5, 0.6) is 0 Å². The third-order valence-electron chi connectivity index (χ3n) is 7.12. The molecule has 3 fully saturated rings. The van der Waals surface area contributed by atoms with Gasteiger partial charge in [-0.1, -0.05) is 25.0 Å². The van der Waals surface area contributed by atoms with E-state index in [0.717, 1.165) is 12.0 Å². The number of piperidine rings is 1. The third-order valence-corrected chi connectivity index (χ3v) is 7.12. The predicted molar refractivity (Wildman–Crippen MR) is 91.6 cm³/mol. The molecule has 0 aromatic heterocycles. The van der Waals surface area contributed by atoms with Crippen LogP contribution in [0, 0.1) is 5.92 Å². The van der Waals surface area contributed by atoms with Gasteiger partial charge in [0, 0.05) is 30.2 Å². The highest BCUT2D eigenvalue weighted by molar-refractivity contribution is 5.61. The first-order valence-electron chi connectivity index (χ1n) is 9.49. The first-order chi connectivity index (χ1) is 10.9. The monoisotopic (exact) mass is 296 g/mol. The number of rotatable bonds is 1. The quantitative estimate of drug-likeness (QED) is 0.851. The smallest absolute Gasteiger partial charge is 0.0402 e. The van der Waals surface area contributed by atoms with Gasteiger partial charge in [-0.2, -0.15) is 0 Å². The van der Waals surface area contributed by atoms with Gasteiger partial charge in [-0.05, 0) is 68.2 Å². The summed E-state index contributed by atoms with van der Waals surface area (Å²) >= 11 is 0. The molecular formula is C20H28N2. The second kappa shape index (κ2) is 4.99. The highest BCUT2D eigenvalue weighted by Crippen LogP contribution is 2.55. The van der Waals surface area contributed by atoms with Crippen LogP contribution in [0.3, 0.4) is 0 Å². The lowest BCUT2D eigenvalue weighted by atomic mass is 9.52. The zero-order chi connectivity index (χ0) is 14.6. The van der Waals surface area contributed by atoms with Crippen LogP contribution in [0.15, 0.2) is 18.2 Å². The van der Waals surface area contributed by atoms with Crippen LogP contribution in [0.4, 0.5) is 5.69 Å². The van der Waals surface area contributed by atoms with Crippen molar-refractivity contribution in [3.05, 3.63) is 29.3 Å². The van der Waals surface area contributed by atoms with Crippen molar-refractivity contribution < 1.29 is 0 Å². The molecule has 2 saturated heterocycles. The number of anilines is 1. The molecule has 118 valence electrons.